The van der Waals surface area contributed by atoms with Gasteiger partial charge in [-0.25, -0.2) is 0 Å². The van der Waals surface area contributed by atoms with Gasteiger partial charge in [0.15, 0.2) is 0 Å². The highest BCUT2D eigenvalue weighted by Crippen LogP contribution is 2.22. The zero-order valence-electron chi connectivity index (χ0n) is 13.5. The minimum Gasteiger partial charge on any atom is -0.327 e. The molecule has 1 aliphatic heterocycles. The van der Waals surface area contributed by atoms with E-state index in [4.69, 9.17) is 11.6 Å². The number of hydrogen-bond donors (Lipinski definition) is 1. The zero-order chi connectivity index (χ0) is 17.1. The number of hydrogen-bond acceptors (Lipinski definition) is 2. The molecular weight excluding hydrogens is 324 g/mol. The number of aryl methyl sites for hydroxylation is 1. The van der Waals surface area contributed by atoms with Crippen molar-refractivity contribution in [3.63, 3.8) is 0 Å². The Kier molecular flexibility index (Phi) is 4.86. The fourth-order valence-corrected chi connectivity index (χ4v) is 3.03. The Hall–Kier alpha value is -2.33. The number of carbonyl (C=O) groups excluding carboxylic acids is 2. The molecule has 1 heterocycles. The quantitative estimate of drug-likeness (QED) is 0.919. The largest absolute Gasteiger partial charge is 0.327 e. The van der Waals surface area contributed by atoms with E-state index < -0.39 is 6.04 Å². The van der Waals surface area contributed by atoms with Crippen LogP contribution in [0.3, 0.4) is 0 Å². The van der Waals surface area contributed by atoms with Crippen molar-refractivity contribution < 1.29 is 9.59 Å². The molecule has 1 saturated heterocycles. The molecule has 124 valence electrons. The fraction of sp³-hybridized carbons (Fsp3) is 0.263. The maximum absolute atomic E-state index is 12.7. The maximum Gasteiger partial charge on any atom is 0.254 e. The Morgan fingerprint density at radius 2 is 1.75 bits per heavy atom. The van der Waals surface area contributed by atoms with Crippen molar-refractivity contribution in [2.75, 3.05) is 11.9 Å². The van der Waals surface area contributed by atoms with Gasteiger partial charge < -0.3 is 10.2 Å². The van der Waals surface area contributed by atoms with Crippen molar-refractivity contribution in [2.45, 2.75) is 25.8 Å². The second-order valence-electron chi connectivity index (χ2n) is 6.02. The molecule has 0 saturated carbocycles. The molecule has 2 amide bonds. The molecule has 3 rings (SSSR count). The monoisotopic (exact) mass is 342 g/mol. The van der Waals surface area contributed by atoms with Gasteiger partial charge in [0.1, 0.15) is 6.04 Å². The lowest BCUT2D eigenvalue weighted by atomic mass is 10.1. The fourth-order valence-electron chi connectivity index (χ4n) is 2.90. The van der Waals surface area contributed by atoms with Gasteiger partial charge in [0.05, 0.1) is 0 Å². The van der Waals surface area contributed by atoms with Crippen LogP contribution in [0.1, 0.15) is 28.8 Å². The zero-order valence-corrected chi connectivity index (χ0v) is 14.2. The summed E-state index contributed by atoms with van der Waals surface area (Å²) in [6.45, 7) is 2.58. The molecule has 2 aromatic carbocycles. The van der Waals surface area contributed by atoms with Crippen LogP contribution in [0, 0.1) is 6.92 Å². The van der Waals surface area contributed by atoms with Crippen LogP contribution in [0.5, 0.6) is 0 Å². The predicted octanol–water partition coefficient (Wildman–Crippen LogP) is 3.89. The topological polar surface area (TPSA) is 49.4 Å². The van der Waals surface area contributed by atoms with Crippen LogP contribution in [0.2, 0.25) is 5.02 Å². The van der Waals surface area contributed by atoms with E-state index in [2.05, 4.69) is 5.32 Å². The smallest absolute Gasteiger partial charge is 0.254 e. The van der Waals surface area contributed by atoms with Crippen molar-refractivity contribution >= 4 is 29.1 Å². The summed E-state index contributed by atoms with van der Waals surface area (Å²) in [5.74, 6) is -0.251. The lowest BCUT2D eigenvalue weighted by molar-refractivity contribution is -0.119. The molecule has 0 radical (unpaired) electrons. The second kappa shape index (κ2) is 7.05. The summed E-state index contributed by atoms with van der Waals surface area (Å²) in [5, 5.41) is 3.48. The number of halogens is 1. The Morgan fingerprint density at radius 3 is 2.42 bits per heavy atom. The van der Waals surface area contributed by atoms with Crippen LogP contribution < -0.4 is 5.32 Å². The van der Waals surface area contributed by atoms with Gasteiger partial charge in [-0.2, -0.15) is 0 Å². The molecular formula is C19H19ClN2O2. The van der Waals surface area contributed by atoms with Gasteiger partial charge in [0.2, 0.25) is 5.91 Å². The molecule has 0 bridgehead atoms. The number of anilines is 1. The molecule has 0 aromatic heterocycles. The van der Waals surface area contributed by atoms with Gasteiger partial charge in [0, 0.05) is 22.8 Å². The molecule has 0 spiro atoms. The van der Waals surface area contributed by atoms with E-state index in [-0.39, 0.29) is 11.8 Å². The average Bonchev–Trinajstić information content (AvgIpc) is 3.07. The van der Waals surface area contributed by atoms with Crippen LogP contribution in [-0.4, -0.2) is 29.3 Å². The Labute approximate surface area is 146 Å². The summed E-state index contributed by atoms with van der Waals surface area (Å²) in [6.07, 6.45) is 1.51. The molecule has 24 heavy (non-hydrogen) atoms. The van der Waals surface area contributed by atoms with E-state index in [9.17, 15) is 9.59 Å². The van der Waals surface area contributed by atoms with E-state index in [0.29, 0.717) is 29.2 Å². The van der Waals surface area contributed by atoms with Gasteiger partial charge in [-0.3, -0.25) is 9.59 Å². The molecule has 4 nitrogen and oxygen atoms in total. The Bertz CT molecular complexity index is 741. The standard InChI is InChI=1S/C19H19ClN2O2/c1-13-4-6-14(7-5-13)19(24)22-12-2-3-17(22)18(23)21-16-10-8-15(20)9-11-16/h4-11,17H,2-3,12H2,1H3,(H,21,23)/t17-/m0/s1. The third-order valence-electron chi connectivity index (χ3n) is 4.23. The summed E-state index contributed by atoms with van der Waals surface area (Å²) in [4.78, 5) is 26.9. The number of rotatable bonds is 3. The highest BCUT2D eigenvalue weighted by atomic mass is 35.5. The summed E-state index contributed by atoms with van der Waals surface area (Å²) in [7, 11) is 0. The summed E-state index contributed by atoms with van der Waals surface area (Å²) >= 11 is 5.85. The number of nitrogens with zero attached hydrogens (tertiary/aromatic N) is 1. The SMILES string of the molecule is Cc1ccc(C(=O)N2CCC[C@H]2C(=O)Nc2ccc(Cl)cc2)cc1. The highest BCUT2D eigenvalue weighted by Gasteiger charge is 2.34. The lowest BCUT2D eigenvalue weighted by Gasteiger charge is -2.24. The predicted molar refractivity (Wildman–Crippen MR) is 95.3 cm³/mol. The van der Waals surface area contributed by atoms with Gasteiger partial charge in [-0.1, -0.05) is 29.3 Å². The van der Waals surface area contributed by atoms with Crippen LogP contribution in [0.25, 0.3) is 0 Å². The van der Waals surface area contributed by atoms with Crippen LogP contribution in [0.4, 0.5) is 5.69 Å². The molecule has 1 fully saturated rings. The number of nitrogens with one attached hydrogen (secondary N) is 1. The number of likely N-dealkylation sites (tertiary alicyclic amines) is 1. The van der Waals surface area contributed by atoms with Crippen LogP contribution in [-0.2, 0) is 4.79 Å². The van der Waals surface area contributed by atoms with Crippen molar-refractivity contribution in [1.29, 1.82) is 0 Å². The molecule has 5 heteroatoms. The summed E-state index contributed by atoms with van der Waals surface area (Å²) in [5.41, 5.74) is 2.40. The van der Waals surface area contributed by atoms with Crippen LogP contribution in [0.15, 0.2) is 48.5 Å². The van der Waals surface area contributed by atoms with Crippen molar-refractivity contribution in [3.8, 4) is 0 Å². The normalized spacial score (nSPS) is 16.9. The Morgan fingerprint density at radius 1 is 1.08 bits per heavy atom. The molecule has 0 aliphatic carbocycles. The molecule has 2 aromatic rings. The minimum absolute atomic E-state index is 0.0937. The van der Waals surface area contributed by atoms with Gasteiger partial charge >= 0.3 is 0 Å². The highest BCUT2D eigenvalue weighted by molar-refractivity contribution is 6.30. The van der Waals surface area contributed by atoms with Gasteiger partial charge in [-0.05, 0) is 56.2 Å². The van der Waals surface area contributed by atoms with E-state index in [1.54, 1.807) is 29.2 Å². The third-order valence-corrected chi connectivity index (χ3v) is 4.48. The summed E-state index contributed by atoms with van der Waals surface area (Å²) in [6, 6.07) is 14.0. The van der Waals surface area contributed by atoms with Crippen molar-refractivity contribution in [1.82, 2.24) is 4.90 Å². The van der Waals surface area contributed by atoms with E-state index >= 15 is 0 Å². The average molecular weight is 343 g/mol. The summed E-state index contributed by atoms with van der Waals surface area (Å²) < 4.78 is 0. The minimum atomic E-state index is -0.436. The first-order valence-corrected chi connectivity index (χ1v) is 8.36. The molecule has 0 unspecified atom stereocenters. The second-order valence-corrected chi connectivity index (χ2v) is 6.46. The first-order valence-electron chi connectivity index (χ1n) is 7.98. The van der Waals surface area contributed by atoms with E-state index in [0.717, 1.165) is 12.0 Å². The molecule has 1 N–H and O–H groups in total. The molecule has 1 aliphatic rings. The first-order chi connectivity index (χ1) is 11.5. The van der Waals surface area contributed by atoms with Crippen molar-refractivity contribution in [3.05, 3.63) is 64.7 Å². The number of benzene rings is 2. The van der Waals surface area contributed by atoms with Gasteiger partial charge in [-0.15, -0.1) is 0 Å². The molecule has 1 atom stereocenters. The van der Waals surface area contributed by atoms with E-state index in [1.165, 1.54) is 0 Å². The maximum atomic E-state index is 12.7. The lowest BCUT2D eigenvalue weighted by Crippen LogP contribution is -2.43. The number of carbonyl (C=O) groups is 2. The third kappa shape index (κ3) is 3.60. The van der Waals surface area contributed by atoms with Crippen LogP contribution >= 0.6 is 11.6 Å². The van der Waals surface area contributed by atoms with E-state index in [1.807, 2.05) is 31.2 Å². The van der Waals surface area contributed by atoms with Gasteiger partial charge in [0.25, 0.3) is 5.91 Å². The van der Waals surface area contributed by atoms with Crippen molar-refractivity contribution in [2.24, 2.45) is 0 Å². The first kappa shape index (κ1) is 16.5. The number of amides is 2. The Balaban J connectivity index is 1.72.